The van der Waals surface area contributed by atoms with Gasteiger partial charge >= 0.3 is 0 Å². The molecule has 4 nitrogen and oxygen atoms in total. The lowest BCUT2D eigenvalue weighted by Gasteiger charge is -2.10. The number of anilines is 1. The van der Waals surface area contributed by atoms with E-state index in [0.29, 0.717) is 5.56 Å². The molecule has 0 aliphatic heterocycles. The number of nitrogens with zero attached hydrogens (tertiary/aromatic N) is 1. The normalized spacial score (nSPS) is 10.8. The summed E-state index contributed by atoms with van der Waals surface area (Å²) in [7, 11) is 0. The maximum absolute atomic E-state index is 12.4. The lowest BCUT2D eigenvalue weighted by atomic mass is 10.1. The van der Waals surface area contributed by atoms with Gasteiger partial charge in [0.25, 0.3) is 5.91 Å². The van der Waals surface area contributed by atoms with E-state index in [-0.39, 0.29) is 11.0 Å². The second-order valence-electron chi connectivity index (χ2n) is 6.94. The summed E-state index contributed by atoms with van der Waals surface area (Å²) in [4.78, 5) is 17.1. The third-order valence-corrected chi connectivity index (χ3v) is 7.03. The molecule has 0 fully saturated rings. The van der Waals surface area contributed by atoms with Crippen molar-refractivity contribution in [2.75, 3.05) is 5.32 Å². The first-order valence-corrected chi connectivity index (χ1v) is 11.6. The smallest absolute Gasteiger partial charge is 0.257 e. The maximum atomic E-state index is 12.4. The van der Waals surface area contributed by atoms with Gasteiger partial charge in [0.05, 0.1) is 10.2 Å². The number of nitrogens with one attached hydrogen (secondary N) is 2. The maximum Gasteiger partial charge on any atom is 0.257 e. The highest BCUT2D eigenvalue weighted by Crippen LogP contribution is 2.31. The number of benzene rings is 3. The zero-order chi connectivity index (χ0) is 21.3. The van der Waals surface area contributed by atoms with Crippen LogP contribution in [0.3, 0.4) is 0 Å². The van der Waals surface area contributed by atoms with Crippen molar-refractivity contribution in [3.8, 4) is 10.6 Å². The van der Waals surface area contributed by atoms with Crippen molar-refractivity contribution in [3.63, 3.8) is 0 Å². The fourth-order valence-corrected chi connectivity index (χ4v) is 4.72. The summed E-state index contributed by atoms with van der Waals surface area (Å²) < 4.78 is 2.22. The van der Waals surface area contributed by atoms with Gasteiger partial charge in [0.1, 0.15) is 5.01 Å². The second-order valence-corrected chi connectivity index (χ2v) is 9.54. The van der Waals surface area contributed by atoms with Gasteiger partial charge in [-0.05, 0) is 108 Å². The van der Waals surface area contributed by atoms with Gasteiger partial charge < -0.3 is 5.32 Å². The number of thiocarbonyl (C=S) groups is 1. The van der Waals surface area contributed by atoms with E-state index in [0.717, 1.165) is 30.9 Å². The van der Waals surface area contributed by atoms with Crippen LogP contribution in [0.2, 0.25) is 0 Å². The van der Waals surface area contributed by atoms with Crippen molar-refractivity contribution in [1.82, 2.24) is 10.3 Å². The molecule has 7 heteroatoms. The lowest BCUT2D eigenvalue weighted by molar-refractivity contribution is 0.0977. The van der Waals surface area contributed by atoms with E-state index in [1.54, 1.807) is 17.4 Å². The molecule has 1 amide bonds. The molecule has 0 saturated carbocycles. The number of amides is 1. The summed E-state index contributed by atoms with van der Waals surface area (Å²) in [6.45, 7) is 4.09. The SMILES string of the molecule is Cc1ccc2nc(-c3ccc(NC(=S)NC(=O)c4ccc(C)c(I)c4)cc3)sc2c1. The van der Waals surface area contributed by atoms with Crippen molar-refractivity contribution in [3.05, 3.63) is 80.9 Å². The first-order chi connectivity index (χ1) is 14.4. The Labute approximate surface area is 197 Å². The zero-order valence-electron chi connectivity index (χ0n) is 16.3. The van der Waals surface area contributed by atoms with E-state index in [2.05, 4.69) is 58.3 Å². The summed E-state index contributed by atoms with van der Waals surface area (Å²) in [6, 6.07) is 19.7. The largest absolute Gasteiger partial charge is 0.332 e. The van der Waals surface area contributed by atoms with Crippen LogP contribution >= 0.6 is 46.1 Å². The molecule has 150 valence electrons. The number of fused-ring (bicyclic) bond motifs is 1. The number of halogens is 1. The number of rotatable bonds is 3. The van der Waals surface area contributed by atoms with Gasteiger partial charge in [-0.3, -0.25) is 10.1 Å². The second kappa shape index (κ2) is 8.79. The van der Waals surface area contributed by atoms with Crippen LogP contribution in [0.5, 0.6) is 0 Å². The Hall–Kier alpha value is -2.36. The standard InChI is InChI=1S/C23H18IN3OS2/c1-13-3-10-19-20(11-13)30-22(26-19)15-6-8-17(9-7-15)25-23(29)27-21(28)16-5-4-14(2)18(24)12-16/h3-12H,1-2H3,(H2,25,27,28,29). The van der Waals surface area contributed by atoms with Crippen molar-refractivity contribution in [1.29, 1.82) is 0 Å². The van der Waals surface area contributed by atoms with Gasteiger partial charge in [0.15, 0.2) is 5.11 Å². The van der Waals surface area contributed by atoms with Crippen LogP contribution in [0.15, 0.2) is 60.7 Å². The Bertz CT molecular complexity index is 1270. The summed E-state index contributed by atoms with van der Waals surface area (Å²) in [5.74, 6) is -0.230. The number of carbonyl (C=O) groups excluding carboxylic acids is 1. The molecule has 0 bridgehead atoms. The summed E-state index contributed by atoms with van der Waals surface area (Å²) in [5.41, 5.74) is 5.81. The van der Waals surface area contributed by atoms with E-state index in [1.807, 2.05) is 43.3 Å². The van der Waals surface area contributed by atoms with Gasteiger partial charge in [-0.15, -0.1) is 11.3 Å². The number of hydrogen-bond donors (Lipinski definition) is 2. The average molecular weight is 543 g/mol. The molecule has 30 heavy (non-hydrogen) atoms. The molecule has 1 aromatic heterocycles. The Morgan fingerprint density at radius 3 is 2.53 bits per heavy atom. The molecule has 0 unspecified atom stereocenters. The number of thiazole rings is 1. The Balaban J connectivity index is 1.42. The molecule has 0 aliphatic rings. The first kappa shape index (κ1) is 20.9. The molecule has 3 aromatic carbocycles. The van der Waals surface area contributed by atoms with E-state index >= 15 is 0 Å². The van der Waals surface area contributed by atoms with Crippen LogP contribution in [0.1, 0.15) is 21.5 Å². The highest BCUT2D eigenvalue weighted by molar-refractivity contribution is 14.1. The van der Waals surface area contributed by atoms with Crippen molar-refractivity contribution >= 4 is 73.1 Å². The topological polar surface area (TPSA) is 54.0 Å². The number of aromatic nitrogens is 1. The molecule has 0 aliphatic carbocycles. The Kier molecular flexibility index (Phi) is 6.12. The number of carbonyl (C=O) groups is 1. The van der Waals surface area contributed by atoms with Crippen LogP contribution in [-0.2, 0) is 0 Å². The van der Waals surface area contributed by atoms with Crippen molar-refractivity contribution in [2.45, 2.75) is 13.8 Å². The molecular weight excluding hydrogens is 525 g/mol. The summed E-state index contributed by atoms with van der Waals surface area (Å²) >= 11 is 9.19. The third kappa shape index (κ3) is 4.69. The molecule has 4 rings (SSSR count). The average Bonchev–Trinajstić information content (AvgIpc) is 3.13. The molecule has 1 heterocycles. The van der Waals surface area contributed by atoms with Gasteiger partial charge in [-0.2, -0.15) is 0 Å². The summed E-state index contributed by atoms with van der Waals surface area (Å²) in [5, 5.41) is 7.03. The fourth-order valence-electron chi connectivity index (χ4n) is 2.92. The highest BCUT2D eigenvalue weighted by atomic mass is 127. The van der Waals surface area contributed by atoms with Gasteiger partial charge in [-0.25, -0.2) is 4.98 Å². The fraction of sp³-hybridized carbons (Fsp3) is 0.0870. The van der Waals surface area contributed by atoms with Crippen LogP contribution in [0, 0.1) is 17.4 Å². The summed E-state index contributed by atoms with van der Waals surface area (Å²) in [6.07, 6.45) is 0. The predicted octanol–water partition coefficient (Wildman–Crippen LogP) is 6.31. The van der Waals surface area contributed by atoms with Crippen molar-refractivity contribution < 1.29 is 4.79 Å². The minimum atomic E-state index is -0.230. The molecule has 0 spiro atoms. The van der Waals surface area contributed by atoms with Crippen LogP contribution in [-0.4, -0.2) is 16.0 Å². The van der Waals surface area contributed by atoms with Crippen LogP contribution in [0.25, 0.3) is 20.8 Å². The third-order valence-electron chi connectivity index (χ3n) is 4.59. The van der Waals surface area contributed by atoms with Gasteiger partial charge in [-0.1, -0.05) is 12.1 Å². The van der Waals surface area contributed by atoms with E-state index in [9.17, 15) is 4.79 Å². The first-order valence-electron chi connectivity index (χ1n) is 9.25. The molecule has 0 radical (unpaired) electrons. The Morgan fingerprint density at radius 2 is 1.80 bits per heavy atom. The van der Waals surface area contributed by atoms with Gasteiger partial charge in [0.2, 0.25) is 0 Å². The quantitative estimate of drug-likeness (QED) is 0.235. The van der Waals surface area contributed by atoms with Crippen LogP contribution in [0.4, 0.5) is 5.69 Å². The molecule has 0 atom stereocenters. The number of hydrogen-bond acceptors (Lipinski definition) is 4. The highest BCUT2D eigenvalue weighted by Gasteiger charge is 2.10. The number of aryl methyl sites for hydroxylation is 2. The molecule has 4 aromatic rings. The molecule has 2 N–H and O–H groups in total. The Morgan fingerprint density at radius 1 is 1.03 bits per heavy atom. The van der Waals surface area contributed by atoms with Crippen LogP contribution < -0.4 is 10.6 Å². The molecule has 0 saturated heterocycles. The minimum absolute atomic E-state index is 0.230. The van der Waals surface area contributed by atoms with E-state index in [1.165, 1.54) is 10.3 Å². The lowest BCUT2D eigenvalue weighted by Crippen LogP contribution is -2.34. The van der Waals surface area contributed by atoms with E-state index < -0.39 is 0 Å². The zero-order valence-corrected chi connectivity index (χ0v) is 20.1. The van der Waals surface area contributed by atoms with E-state index in [4.69, 9.17) is 17.2 Å². The monoisotopic (exact) mass is 543 g/mol. The minimum Gasteiger partial charge on any atom is -0.332 e. The molecular formula is C23H18IN3OS2. The predicted molar refractivity (Wildman–Crippen MR) is 137 cm³/mol. The van der Waals surface area contributed by atoms with Gasteiger partial charge in [0, 0.05) is 20.4 Å². The van der Waals surface area contributed by atoms with Crippen molar-refractivity contribution in [2.24, 2.45) is 0 Å².